The number of aliphatic imine (C=N–C) groups is 1. The minimum absolute atomic E-state index is 0.261. The summed E-state index contributed by atoms with van der Waals surface area (Å²) in [5, 5.41) is 0. The lowest BCUT2D eigenvalue weighted by molar-refractivity contribution is 0.303. The fourth-order valence-electron chi connectivity index (χ4n) is 2.60. The van der Waals surface area contributed by atoms with Crippen molar-refractivity contribution in [3.05, 3.63) is 93.2 Å². The first kappa shape index (κ1) is 18.3. The Morgan fingerprint density at radius 2 is 1.88 bits per heavy atom. The molecule has 0 atom stereocenters. The standard InChI is InChI=1S/C22H19BrFNO/c1-15-6-8-21(16(2)10-15)25-13-17-7-9-22(20(23)12-17)26-14-18-4-3-5-19(24)11-18/h3-13H,14H2,1-2H3. The van der Waals surface area contributed by atoms with E-state index in [9.17, 15) is 4.39 Å². The van der Waals surface area contributed by atoms with E-state index in [0.29, 0.717) is 12.4 Å². The molecule has 4 heteroatoms. The molecule has 0 radical (unpaired) electrons. The quantitative estimate of drug-likeness (QED) is 0.437. The number of benzene rings is 3. The van der Waals surface area contributed by atoms with Crippen LogP contribution in [0, 0.1) is 19.7 Å². The highest BCUT2D eigenvalue weighted by Gasteiger charge is 2.04. The molecule has 0 aliphatic carbocycles. The molecule has 0 heterocycles. The molecule has 3 rings (SSSR count). The number of halogens is 2. The molecule has 26 heavy (non-hydrogen) atoms. The van der Waals surface area contributed by atoms with E-state index >= 15 is 0 Å². The first-order valence-corrected chi connectivity index (χ1v) is 9.09. The molecule has 0 saturated heterocycles. The molecular weight excluding hydrogens is 393 g/mol. The van der Waals surface area contributed by atoms with Crippen molar-refractivity contribution in [2.75, 3.05) is 0 Å². The highest BCUT2D eigenvalue weighted by molar-refractivity contribution is 9.10. The summed E-state index contributed by atoms with van der Waals surface area (Å²) in [6.07, 6.45) is 1.83. The number of rotatable bonds is 5. The Morgan fingerprint density at radius 1 is 1.04 bits per heavy atom. The number of ether oxygens (including phenoxy) is 1. The van der Waals surface area contributed by atoms with Crippen LogP contribution in [0.5, 0.6) is 5.75 Å². The van der Waals surface area contributed by atoms with Crippen LogP contribution in [0.2, 0.25) is 0 Å². The van der Waals surface area contributed by atoms with Gasteiger partial charge in [0.05, 0.1) is 10.2 Å². The molecule has 0 bridgehead atoms. The molecule has 0 aliphatic heterocycles. The summed E-state index contributed by atoms with van der Waals surface area (Å²) in [7, 11) is 0. The van der Waals surface area contributed by atoms with Gasteiger partial charge >= 0.3 is 0 Å². The number of aryl methyl sites for hydroxylation is 2. The minimum Gasteiger partial charge on any atom is -0.488 e. The van der Waals surface area contributed by atoms with E-state index in [2.05, 4.69) is 46.9 Å². The van der Waals surface area contributed by atoms with E-state index < -0.39 is 0 Å². The monoisotopic (exact) mass is 411 g/mol. The maximum Gasteiger partial charge on any atom is 0.134 e. The Hall–Kier alpha value is -2.46. The van der Waals surface area contributed by atoms with Gasteiger partial charge in [-0.2, -0.15) is 0 Å². The molecule has 3 aromatic carbocycles. The Balaban J connectivity index is 1.70. The van der Waals surface area contributed by atoms with E-state index in [-0.39, 0.29) is 5.82 Å². The molecule has 3 aromatic rings. The molecule has 0 unspecified atom stereocenters. The molecule has 132 valence electrons. The third-order valence-corrected chi connectivity index (χ3v) is 4.56. The second-order valence-corrected chi connectivity index (χ2v) is 7.01. The van der Waals surface area contributed by atoms with Crippen molar-refractivity contribution < 1.29 is 9.13 Å². The lowest BCUT2D eigenvalue weighted by Crippen LogP contribution is -1.97. The van der Waals surface area contributed by atoms with Gasteiger partial charge in [-0.1, -0.05) is 29.8 Å². The van der Waals surface area contributed by atoms with Gasteiger partial charge in [0.1, 0.15) is 18.2 Å². The first-order chi connectivity index (χ1) is 12.5. The Labute approximate surface area is 161 Å². The zero-order valence-corrected chi connectivity index (χ0v) is 16.3. The van der Waals surface area contributed by atoms with Crippen LogP contribution >= 0.6 is 15.9 Å². The smallest absolute Gasteiger partial charge is 0.134 e. The van der Waals surface area contributed by atoms with E-state index in [1.54, 1.807) is 6.07 Å². The molecule has 0 fully saturated rings. The zero-order valence-electron chi connectivity index (χ0n) is 14.7. The summed E-state index contributed by atoms with van der Waals surface area (Å²) in [6.45, 7) is 4.44. The highest BCUT2D eigenvalue weighted by atomic mass is 79.9. The maximum absolute atomic E-state index is 13.2. The summed E-state index contributed by atoms with van der Waals surface area (Å²) >= 11 is 3.52. The Morgan fingerprint density at radius 3 is 2.62 bits per heavy atom. The summed E-state index contributed by atoms with van der Waals surface area (Å²) in [4.78, 5) is 4.56. The number of nitrogens with zero attached hydrogens (tertiary/aromatic N) is 1. The summed E-state index contributed by atoms with van der Waals surface area (Å²) in [5.41, 5.74) is 5.09. The van der Waals surface area contributed by atoms with Gasteiger partial charge in [-0.25, -0.2) is 4.39 Å². The van der Waals surface area contributed by atoms with E-state index in [1.807, 2.05) is 36.5 Å². The largest absolute Gasteiger partial charge is 0.488 e. The van der Waals surface area contributed by atoms with Crippen molar-refractivity contribution in [3.63, 3.8) is 0 Å². The van der Waals surface area contributed by atoms with Gasteiger partial charge in [-0.15, -0.1) is 0 Å². The van der Waals surface area contributed by atoms with Crippen LogP contribution in [0.25, 0.3) is 0 Å². The van der Waals surface area contributed by atoms with Crippen molar-refractivity contribution >= 4 is 27.8 Å². The predicted molar refractivity (Wildman–Crippen MR) is 108 cm³/mol. The van der Waals surface area contributed by atoms with Crippen molar-refractivity contribution in [3.8, 4) is 5.75 Å². The lowest BCUT2D eigenvalue weighted by atomic mass is 10.1. The van der Waals surface area contributed by atoms with Crippen molar-refractivity contribution in [1.82, 2.24) is 0 Å². The normalized spacial score (nSPS) is 11.1. The molecule has 2 nitrogen and oxygen atoms in total. The van der Waals surface area contributed by atoms with Gasteiger partial charge < -0.3 is 4.74 Å². The average Bonchev–Trinajstić information content (AvgIpc) is 2.60. The molecule has 0 aromatic heterocycles. The maximum atomic E-state index is 13.2. The van der Waals surface area contributed by atoms with E-state index in [0.717, 1.165) is 26.9 Å². The third kappa shape index (κ3) is 4.79. The van der Waals surface area contributed by atoms with Gasteiger partial charge in [0.2, 0.25) is 0 Å². The van der Waals surface area contributed by atoms with Crippen LogP contribution in [-0.4, -0.2) is 6.21 Å². The second-order valence-electron chi connectivity index (χ2n) is 6.16. The topological polar surface area (TPSA) is 21.6 Å². The van der Waals surface area contributed by atoms with Gasteiger partial charge in [0.25, 0.3) is 0 Å². The number of hydrogen-bond acceptors (Lipinski definition) is 2. The van der Waals surface area contributed by atoms with Gasteiger partial charge in [0, 0.05) is 6.21 Å². The van der Waals surface area contributed by atoms with Gasteiger partial charge in [0.15, 0.2) is 0 Å². The first-order valence-electron chi connectivity index (χ1n) is 8.29. The van der Waals surface area contributed by atoms with Gasteiger partial charge in [-0.3, -0.25) is 4.99 Å². The van der Waals surface area contributed by atoms with Crippen molar-refractivity contribution in [2.24, 2.45) is 4.99 Å². The van der Waals surface area contributed by atoms with E-state index in [1.165, 1.54) is 17.7 Å². The van der Waals surface area contributed by atoms with Gasteiger partial charge in [-0.05, 0) is 82.9 Å². The fraction of sp³-hybridized carbons (Fsp3) is 0.136. The predicted octanol–water partition coefficient (Wildman–Crippen LogP) is 6.53. The van der Waals surface area contributed by atoms with Crippen molar-refractivity contribution in [2.45, 2.75) is 20.5 Å². The average molecular weight is 412 g/mol. The van der Waals surface area contributed by atoms with Crippen LogP contribution in [-0.2, 0) is 6.61 Å². The fourth-order valence-corrected chi connectivity index (χ4v) is 3.11. The molecule has 0 spiro atoms. The number of hydrogen-bond donors (Lipinski definition) is 0. The molecular formula is C22H19BrFNO. The summed E-state index contributed by atoms with van der Waals surface area (Å²) in [5.74, 6) is 0.445. The minimum atomic E-state index is -0.261. The zero-order chi connectivity index (χ0) is 18.5. The van der Waals surface area contributed by atoms with Crippen LogP contribution in [0.1, 0.15) is 22.3 Å². The Kier molecular flexibility index (Phi) is 5.84. The SMILES string of the molecule is Cc1ccc(N=Cc2ccc(OCc3cccc(F)c3)c(Br)c2)c(C)c1. The Bertz CT molecular complexity index is 953. The highest BCUT2D eigenvalue weighted by Crippen LogP contribution is 2.27. The summed E-state index contributed by atoms with van der Waals surface area (Å²) < 4.78 is 19.8. The third-order valence-electron chi connectivity index (χ3n) is 3.94. The van der Waals surface area contributed by atoms with Crippen molar-refractivity contribution in [1.29, 1.82) is 0 Å². The van der Waals surface area contributed by atoms with Crippen LogP contribution in [0.15, 0.2) is 70.1 Å². The van der Waals surface area contributed by atoms with Crippen LogP contribution in [0.4, 0.5) is 10.1 Å². The van der Waals surface area contributed by atoms with E-state index in [4.69, 9.17) is 4.74 Å². The molecule has 0 saturated carbocycles. The molecule has 0 N–H and O–H groups in total. The second kappa shape index (κ2) is 8.28. The molecule has 0 amide bonds. The van der Waals surface area contributed by atoms with Crippen LogP contribution < -0.4 is 4.74 Å². The van der Waals surface area contributed by atoms with Crippen LogP contribution in [0.3, 0.4) is 0 Å². The lowest BCUT2D eigenvalue weighted by Gasteiger charge is -2.09. The summed E-state index contributed by atoms with van der Waals surface area (Å²) in [6, 6.07) is 18.4. The molecule has 0 aliphatic rings.